The summed E-state index contributed by atoms with van der Waals surface area (Å²) in [4.78, 5) is 12.9. The summed E-state index contributed by atoms with van der Waals surface area (Å²) in [5.41, 5.74) is 10.3. The molecule has 1 aliphatic rings. The second-order valence-electron chi connectivity index (χ2n) is 10.4. The van der Waals surface area contributed by atoms with E-state index in [4.69, 9.17) is 15.6 Å². The Morgan fingerprint density at radius 1 is 0.953 bits per heavy atom. The second kappa shape index (κ2) is 17.4. The third-order valence-electron chi connectivity index (χ3n) is 7.22. The van der Waals surface area contributed by atoms with E-state index in [9.17, 15) is 18.3 Å². The van der Waals surface area contributed by atoms with Crippen LogP contribution >= 0.6 is 24.8 Å². The number of nitrogens with one attached hydrogen (secondary N) is 2. The molecule has 1 fully saturated rings. The highest BCUT2D eigenvalue weighted by molar-refractivity contribution is 7.90. The number of rotatable bonds is 13. The van der Waals surface area contributed by atoms with Crippen LogP contribution in [0.2, 0.25) is 0 Å². The molecule has 4 rings (SSSR count). The van der Waals surface area contributed by atoms with Gasteiger partial charge in [-0.2, -0.15) is 0 Å². The molecule has 1 amide bonds. The monoisotopic (exact) mass is 653 g/mol. The molecule has 3 aromatic rings. The summed E-state index contributed by atoms with van der Waals surface area (Å²) >= 11 is 0. The summed E-state index contributed by atoms with van der Waals surface area (Å²) in [6, 6.07) is 20.4. The maximum atomic E-state index is 12.9. The van der Waals surface area contributed by atoms with E-state index in [1.807, 2.05) is 41.1 Å². The molecule has 0 spiro atoms. The van der Waals surface area contributed by atoms with Crippen LogP contribution in [0, 0.1) is 0 Å². The van der Waals surface area contributed by atoms with E-state index in [-0.39, 0.29) is 36.5 Å². The molecule has 12 heteroatoms. The highest BCUT2D eigenvalue weighted by Gasteiger charge is 2.23. The van der Waals surface area contributed by atoms with Crippen molar-refractivity contribution in [2.45, 2.75) is 50.7 Å². The molecular formula is C31H41Cl2N3O6S. The Labute approximate surface area is 266 Å². The molecule has 3 aromatic carbocycles. The molecule has 0 heterocycles. The van der Waals surface area contributed by atoms with Gasteiger partial charge in [0.05, 0.1) is 30.1 Å². The number of aliphatic hydroxyl groups excluding tert-OH is 2. The zero-order chi connectivity index (χ0) is 29.2. The van der Waals surface area contributed by atoms with Crippen molar-refractivity contribution in [3.05, 3.63) is 83.4 Å². The lowest BCUT2D eigenvalue weighted by Gasteiger charge is -2.24. The number of nitrogen functional groups attached to an aromatic ring is 1. The lowest BCUT2D eigenvalue weighted by molar-refractivity contribution is 0.0969. The molecule has 9 nitrogen and oxygen atoms in total. The van der Waals surface area contributed by atoms with Gasteiger partial charge in [0.1, 0.15) is 5.75 Å². The average Bonchev–Trinajstić information content (AvgIpc) is 2.96. The molecular weight excluding hydrogens is 613 g/mol. The van der Waals surface area contributed by atoms with Crippen molar-refractivity contribution in [3.63, 3.8) is 0 Å². The lowest BCUT2D eigenvalue weighted by atomic mass is 9.97. The van der Waals surface area contributed by atoms with Crippen LogP contribution in [0.15, 0.2) is 66.7 Å². The minimum Gasteiger partial charge on any atom is -0.490 e. The topological polar surface area (TPSA) is 151 Å². The zero-order valence-corrected chi connectivity index (χ0v) is 26.4. The van der Waals surface area contributed by atoms with Crippen LogP contribution in [0.4, 0.5) is 5.69 Å². The van der Waals surface area contributed by atoms with Gasteiger partial charge in [0, 0.05) is 12.2 Å². The Hall–Kier alpha value is -2.86. The normalized spacial score (nSPS) is 14.2. The standard InChI is InChI=1S/C31H39N3O6S.2ClH/c32-26-13-10-24(11-14-26)29(36)21-33-17-16-22-6-8-23(9-7-22)25-12-15-28(31(37)34-41(38,39)19-18-35)30(20-25)40-27-4-2-1-3-5-27;;/h6-15,20,27,29,33,35-36H,1-5,16-19,21,32H2,(H,34,37);2*1H/t29-;;/m0../s1. The first-order chi connectivity index (χ1) is 19.7. The smallest absolute Gasteiger partial charge is 0.268 e. The molecule has 43 heavy (non-hydrogen) atoms. The molecule has 236 valence electrons. The van der Waals surface area contributed by atoms with Crippen molar-refractivity contribution in [1.82, 2.24) is 10.0 Å². The van der Waals surface area contributed by atoms with Crippen molar-refractivity contribution < 1.29 is 28.2 Å². The van der Waals surface area contributed by atoms with Crippen LogP contribution in [0.5, 0.6) is 5.75 Å². The first kappa shape index (κ1) is 36.3. The van der Waals surface area contributed by atoms with E-state index in [0.29, 0.717) is 24.5 Å². The third kappa shape index (κ3) is 11.0. The zero-order valence-electron chi connectivity index (χ0n) is 23.9. The minimum atomic E-state index is -3.96. The Morgan fingerprint density at radius 3 is 2.26 bits per heavy atom. The molecule has 0 radical (unpaired) electrons. The van der Waals surface area contributed by atoms with Crippen molar-refractivity contribution in [3.8, 4) is 16.9 Å². The Bertz CT molecular complexity index is 1400. The second-order valence-corrected chi connectivity index (χ2v) is 12.2. The van der Waals surface area contributed by atoms with Crippen LogP contribution in [0.25, 0.3) is 11.1 Å². The highest BCUT2D eigenvalue weighted by Crippen LogP contribution is 2.31. The van der Waals surface area contributed by atoms with Crippen molar-refractivity contribution in [1.29, 1.82) is 0 Å². The number of aliphatic hydroxyl groups is 2. The Morgan fingerprint density at radius 2 is 1.60 bits per heavy atom. The molecule has 0 saturated heterocycles. The van der Waals surface area contributed by atoms with Crippen LogP contribution in [0.3, 0.4) is 0 Å². The van der Waals surface area contributed by atoms with Gasteiger partial charge in [0.25, 0.3) is 5.91 Å². The van der Waals surface area contributed by atoms with Crippen LogP contribution < -0.4 is 20.5 Å². The van der Waals surface area contributed by atoms with Crippen LogP contribution in [0.1, 0.15) is 59.7 Å². The van der Waals surface area contributed by atoms with Gasteiger partial charge in [-0.05, 0) is 85.2 Å². The molecule has 6 N–H and O–H groups in total. The SMILES string of the molecule is Cl.Cl.Nc1ccc([C@@H](O)CNCCc2ccc(-c3ccc(C(=O)NS(=O)(=O)CCO)c(OC4CCCCC4)c3)cc2)cc1. The van der Waals surface area contributed by atoms with Gasteiger partial charge in [-0.3, -0.25) is 4.79 Å². The largest absolute Gasteiger partial charge is 0.490 e. The number of anilines is 1. The number of nitrogens with two attached hydrogens (primary N) is 1. The molecule has 0 aromatic heterocycles. The maximum absolute atomic E-state index is 12.9. The number of ether oxygens (including phenoxy) is 1. The van der Waals surface area contributed by atoms with Crippen LogP contribution in [-0.4, -0.2) is 56.1 Å². The van der Waals surface area contributed by atoms with E-state index in [1.165, 1.54) is 0 Å². The summed E-state index contributed by atoms with van der Waals surface area (Å²) in [6.45, 7) is 0.561. The van der Waals surface area contributed by atoms with Gasteiger partial charge < -0.3 is 26.0 Å². The average molecular weight is 655 g/mol. The van der Waals surface area contributed by atoms with Crippen LogP contribution in [-0.2, 0) is 16.4 Å². The summed E-state index contributed by atoms with van der Waals surface area (Å²) in [7, 11) is -3.96. The molecule has 0 unspecified atom stereocenters. The number of hydrogen-bond acceptors (Lipinski definition) is 8. The van der Waals surface area contributed by atoms with Gasteiger partial charge in [-0.15, -0.1) is 24.8 Å². The van der Waals surface area contributed by atoms with Crippen molar-refractivity contribution in [2.75, 3.05) is 31.2 Å². The van der Waals surface area contributed by atoms with E-state index in [1.54, 1.807) is 30.3 Å². The van der Waals surface area contributed by atoms with Gasteiger partial charge in [-0.25, -0.2) is 13.1 Å². The number of hydrogen-bond donors (Lipinski definition) is 5. The number of halogens is 2. The molecule has 1 saturated carbocycles. The maximum Gasteiger partial charge on any atom is 0.268 e. The number of amides is 1. The number of benzene rings is 3. The van der Waals surface area contributed by atoms with Crippen molar-refractivity contribution >= 4 is 46.4 Å². The van der Waals surface area contributed by atoms with Gasteiger partial charge >= 0.3 is 0 Å². The Balaban J connectivity index is 0.00000323. The van der Waals surface area contributed by atoms with Gasteiger partial charge in [0.15, 0.2) is 0 Å². The quantitative estimate of drug-likeness (QED) is 0.134. The third-order valence-corrected chi connectivity index (χ3v) is 8.43. The molecule has 1 atom stereocenters. The van der Waals surface area contributed by atoms with E-state index < -0.39 is 34.4 Å². The minimum absolute atomic E-state index is 0. The van der Waals surface area contributed by atoms with E-state index in [0.717, 1.165) is 60.8 Å². The highest BCUT2D eigenvalue weighted by atomic mass is 35.5. The first-order valence-electron chi connectivity index (χ1n) is 14.0. The lowest BCUT2D eigenvalue weighted by Crippen LogP contribution is -2.34. The van der Waals surface area contributed by atoms with E-state index >= 15 is 0 Å². The summed E-state index contributed by atoms with van der Waals surface area (Å²) in [6.07, 6.45) is 5.16. The summed E-state index contributed by atoms with van der Waals surface area (Å²) < 4.78 is 32.4. The molecule has 0 aliphatic heterocycles. The first-order valence-corrected chi connectivity index (χ1v) is 15.7. The summed E-state index contributed by atoms with van der Waals surface area (Å²) in [5, 5.41) is 22.6. The number of carbonyl (C=O) groups excluding carboxylic acids is 1. The fourth-order valence-electron chi connectivity index (χ4n) is 4.89. The fraction of sp³-hybridized carbons (Fsp3) is 0.387. The fourth-order valence-corrected chi connectivity index (χ4v) is 5.62. The predicted octanol–water partition coefficient (Wildman–Crippen LogP) is 4.41. The van der Waals surface area contributed by atoms with E-state index in [2.05, 4.69) is 5.32 Å². The van der Waals surface area contributed by atoms with Gasteiger partial charge in [0.2, 0.25) is 10.0 Å². The predicted molar refractivity (Wildman–Crippen MR) is 175 cm³/mol. The summed E-state index contributed by atoms with van der Waals surface area (Å²) in [5.74, 6) is -0.986. The van der Waals surface area contributed by atoms with Crippen molar-refractivity contribution in [2.24, 2.45) is 0 Å². The Kier molecular flexibility index (Phi) is 14.7. The number of carbonyl (C=O) groups is 1. The molecule has 0 bridgehead atoms. The molecule has 1 aliphatic carbocycles. The van der Waals surface area contributed by atoms with Gasteiger partial charge in [-0.1, -0.05) is 48.9 Å². The number of sulfonamides is 1.